The zero-order chi connectivity index (χ0) is 23.7. The van der Waals surface area contributed by atoms with Gasteiger partial charge < -0.3 is 9.47 Å². The molecule has 10 rings (SSSR count). The highest BCUT2D eigenvalue weighted by atomic mass is 79.9. The number of hydrogen-bond donors (Lipinski definition) is 0. The van der Waals surface area contributed by atoms with Crippen molar-refractivity contribution >= 4 is 108 Å². The Labute approximate surface area is 247 Å². The standard InChI is InChI=1S/C24H20Br6O4/c1-33-17(31)19(27)13-5-6-14(19)22-8-4-3-7(11(8)25)21(13,22)23(29)9(3)12(26)10(4)24(22,30)16(6)20(28,15(5)23)18(32)34-2/h3-16H,1-2H3/t3-,4-,5-,6-,7-,8+,9+,10-,11?,12?,13+,14-,15-,16+,19?,20?,21?,22?,23-,24+/m0/s1. The van der Waals surface area contributed by atoms with Gasteiger partial charge in [0.05, 0.1) is 14.2 Å². The molecule has 10 fully saturated rings. The zero-order valence-electron chi connectivity index (χ0n) is 18.0. The summed E-state index contributed by atoms with van der Waals surface area (Å²) in [4.78, 5) is 28.6. The third kappa shape index (κ3) is 1.22. The fourth-order valence-corrected chi connectivity index (χ4v) is 27.0. The molecule has 0 N–H and O–H groups in total. The average Bonchev–Trinajstić information content (AvgIpc) is 3.59. The van der Waals surface area contributed by atoms with E-state index in [1.54, 1.807) is 7.11 Å². The lowest BCUT2D eigenvalue weighted by Crippen LogP contribution is -2.58. The first-order valence-electron chi connectivity index (χ1n) is 12.2. The quantitative estimate of drug-likeness (QED) is 0.294. The first-order chi connectivity index (χ1) is 16.0. The van der Waals surface area contributed by atoms with E-state index < -0.39 is 8.65 Å². The molecule has 10 heteroatoms. The Balaban J connectivity index is 1.45. The van der Waals surface area contributed by atoms with Crippen LogP contribution in [0.1, 0.15) is 0 Å². The fourth-order valence-electron chi connectivity index (χ4n) is 15.5. The van der Waals surface area contributed by atoms with Crippen molar-refractivity contribution in [2.45, 2.75) is 27.0 Å². The molecule has 0 aliphatic heterocycles. The van der Waals surface area contributed by atoms with Crippen molar-refractivity contribution in [3.63, 3.8) is 0 Å². The second kappa shape index (κ2) is 5.16. The summed E-state index contributed by atoms with van der Waals surface area (Å²) >= 11 is 26.3. The van der Waals surface area contributed by atoms with Gasteiger partial charge in [-0.3, -0.25) is 9.59 Å². The smallest absolute Gasteiger partial charge is 0.323 e. The number of rotatable bonds is 2. The number of ether oxygens (including phenoxy) is 2. The highest BCUT2D eigenvalue weighted by Gasteiger charge is 3.15. The van der Waals surface area contributed by atoms with Gasteiger partial charge in [0.2, 0.25) is 0 Å². The van der Waals surface area contributed by atoms with E-state index in [0.29, 0.717) is 45.2 Å². The van der Waals surface area contributed by atoms with E-state index in [4.69, 9.17) is 9.47 Å². The van der Waals surface area contributed by atoms with Crippen LogP contribution in [0.5, 0.6) is 0 Å². The van der Waals surface area contributed by atoms with Crippen LogP contribution >= 0.6 is 95.6 Å². The molecule has 10 saturated carbocycles. The van der Waals surface area contributed by atoms with Crippen LogP contribution in [0, 0.1) is 81.8 Å². The lowest BCUT2D eigenvalue weighted by molar-refractivity contribution is -0.146. The van der Waals surface area contributed by atoms with Gasteiger partial charge >= 0.3 is 11.9 Å². The molecule has 2 spiro atoms. The molecule has 4 nitrogen and oxygen atoms in total. The topological polar surface area (TPSA) is 52.6 Å². The van der Waals surface area contributed by atoms with Crippen molar-refractivity contribution in [1.82, 2.24) is 0 Å². The predicted molar refractivity (Wildman–Crippen MR) is 143 cm³/mol. The van der Waals surface area contributed by atoms with Crippen molar-refractivity contribution in [2.75, 3.05) is 14.2 Å². The van der Waals surface area contributed by atoms with Gasteiger partial charge in [0, 0.05) is 41.0 Å². The number of methoxy groups -OCH3 is 2. The minimum atomic E-state index is -0.753. The van der Waals surface area contributed by atoms with E-state index in [1.807, 2.05) is 0 Å². The largest absolute Gasteiger partial charge is 0.468 e. The van der Waals surface area contributed by atoms with Gasteiger partial charge in [0.25, 0.3) is 0 Å². The molecule has 0 aromatic heterocycles. The van der Waals surface area contributed by atoms with Crippen molar-refractivity contribution in [3.05, 3.63) is 0 Å². The molecule has 10 aliphatic carbocycles. The normalized spacial score (nSPS) is 80.7. The first-order valence-corrected chi connectivity index (χ1v) is 17.2. The van der Waals surface area contributed by atoms with Crippen molar-refractivity contribution < 1.29 is 19.1 Å². The summed E-state index contributed by atoms with van der Waals surface area (Å²) in [6.07, 6.45) is 0. The van der Waals surface area contributed by atoms with Gasteiger partial charge in [0.15, 0.2) is 0 Å². The summed E-state index contributed by atoms with van der Waals surface area (Å²) < 4.78 is 9.29. The molecular formula is C24H20Br6O4. The molecule has 182 valence electrons. The van der Waals surface area contributed by atoms with Gasteiger partial charge in [-0.25, -0.2) is 0 Å². The molecule has 34 heavy (non-hydrogen) atoms. The Morgan fingerprint density at radius 1 is 0.588 bits per heavy atom. The Morgan fingerprint density at radius 2 is 0.941 bits per heavy atom. The molecule has 4 bridgehead atoms. The Kier molecular flexibility index (Phi) is 3.28. The molecule has 0 aromatic rings. The van der Waals surface area contributed by atoms with Crippen LogP contribution in [0.3, 0.4) is 0 Å². The van der Waals surface area contributed by atoms with Gasteiger partial charge in [-0.15, -0.1) is 0 Å². The molecule has 0 radical (unpaired) electrons. The van der Waals surface area contributed by atoms with Crippen LogP contribution in [0.2, 0.25) is 0 Å². The number of carbonyl (C=O) groups is 2. The van der Waals surface area contributed by atoms with E-state index in [2.05, 4.69) is 95.6 Å². The number of alkyl halides is 6. The maximum absolute atomic E-state index is 13.9. The molecule has 10 aliphatic rings. The summed E-state index contributed by atoms with van der Waals surface area (Å²) in [5.41, 5.74) is -0.143. The lowest BCUT2D eigenvalue weighted by Gasteiger charge is -2.55. The number of carbonyl (C=O) groups excluding carboxylic acids is 2. The first kappa shape index (κ1) is 21.6. The summed E-state index contributed by atoms with van der Waals surface area (Å²) in [6.45, 7) is 0. The molecule has 0 saturated heterocycles. The van der Waals surface area contributed by atoms with Crippen LogP contribution in [-0.2, 0) is 19.1 Å². The molecule has 0 amide bonds. The summed E-state index contributed by atoms with van der Waals surface area (Å²) in [5.74, 6) is 3.89. The van der Waals surface area contributed by atoms with Crippen LogP contribution < -0.4 is 0 Å². The van der Waals surface area contributed by atoms with E-state index in [0.717, 1.165) is 0 Å². The van der Waals surface area contributed by atoms with Gasteiger partial charge in [-0.1, -0.05) is 95.6 Å². The third-order valence-electron chi connectivity index (χ3n) is 14.1. The van der Waals surface area contributed by atoms with E-state index >= 15 is 0 Å². The number of halogens is 6. The minimum Gasteiger partial charge on any atom is -0.468 e. The summed E-state index contributed by atoms with van der Waals surface area (Å²) in [5, 5.41) is 0. The second-order valence-corrected chi connectivity index (χ2v) is 20.4. The molecular weight excluding hydrogens is 832 g/mol. The molecule has 0 aromatic carbocycles. The maximum atomic E-state index is 13.9. The monoisotopic (exact) mass is 846 g/mol. The SMILES string of the molecule is COC(=O)C1(Br)[C@H]2[C@@H]3[C@@H]4[C@@H]5C(Br)(C(=O)OC)[C@H]3[C@@]3(Br)[C@H]6C(Br)[C@@H]7[C@H]8[C@H]6[C@H]6C(Br)[C@@H]8C([C@@H]41)(C623)[C@@]75Br. The van der Waals surface area contributed by atoms with E-state index in [9.17, 15) is 9.59 Å². The summed E-state index contributed by atoms with van der Waals surface area (Å²) in [7, 11) is 3.08. The van der Waals surface area contributed by atoms with Crippen LogP contribution in [0.25, 0.3) is 0 Å². The number of fused-ring (bicyclic) bond motifs is 4. The zero-order valence-corrected chi connectivity index (χ0v) is 27.5. The van der Waals surface area contributed by atoms with Crippen LogP contribution in [0.4, 0.5) is 0 Å². The fraction of sp³-hybridized carbons (Fsp3) is 0.917. The van der Waals surface area contributed by atoms with E-state index in [1.165, 1.54) is 7.11 Å². The highest BCUT2D eigenvalue weighted by molar-refractivity contribution is 9.11. The van der Waals surface area contributed by atoms with Crippen molar-refractivity contribution in [2.24, 2.45) is 81.8 Å². The van der Waals surface area contributed by atoms with Crippen molar-refractivity contribution in [1.29, 1.82) is 0 Å². The molecule has 20 atom stereocenters. The van der Waals surface area contributed by atoms with Gasteiger partial charge in [0.1, 0.15) is 8.65 Å². The Bertz CT molecular complexity index is 1160. The molecule has 6 unspecified atom stereocenters. The van der Waals surface area contributed by atoms with Gasteiger partial charge in [-0.05, 0) is 59.2 Å². The second-order valence-electron chi connectivity index (χ2n) is 13.0. The Morgan fingerprint density at radius 3 is 1.32 bits per heavy atom. The highest BCUT2D eigenvalue weighted by Crippen LogP contribution is 3.12. The summed E-state index contributed by atoms with van der Waals surface area (Å²) in [6, 6.07) is 0. The minimum absolute atomic E-state index is 0.0715. The van der Waals surface area contributed by atoms with Crippen LogP contribution in [-0.4, -0.2) is 53.1 Å². The van der Waals surface area contributed by atoms with Crippen LogP contribution in [0.15, 0.2) is 0 Å². The maximum Gasteiger partial charge on any atom is 0.323 e. The number of hydrogen-bond acceptors (Lipinski definition) is 4. The Hall–Kier alpha value is 1.82. The number of esters is 2. The van der Waals surface area contributed by atoms with Gasteiger partial charge in [-0.2, -0.15) is 0 Å². The lowest BCUT2D eigenvalue weighted by atomic mass is 9.51. The van der Waals surface area contributed by atoms with E-state index in [-0.39, 0.29) is 66.9 Å². The average molecular weight is 852 g/mol. The predicted octanol–water partition coefficient (Wildman–Crippen LogP) is 4.90. The molecule has 0 heterocycles. The van der Waals surface area contributed by atoms with Crippen molar-refractivity contribution in [3.8, 4) is 0 Å². The third-order valence-corrected chi connectivity index (χ3v) is 22.4.